The van der Waals surface area contributed by atoms with Crippen LogP contribution in [-0.4, -0.2) is 34.2 Å². The van der Waals surface area contributed by atoms with Crippen molar-refractivity contribution in [3.05, 3.63) is 17.5 Å². The second-order valence-electron chi connectivity index (χ2n) is 3.82. The first-order valence-electron chi connectivity index (χ1n) is 5.36. The van der Waals surface area contributed by atoms with Gasteiger partial charge in [0.1, 0.15) is 17.5 Å². The minimum atomic E-state index is -1.36. The van der Waals surface area contributed by atoms with Crippen molar-refractivity contribution in [2.45, 2.75) is 25.9 Å². The van der Waals surface area contributed by atoms with E-state index in [9.17, 15) is 14.4 Å². The van der Waals surface area contributed by atoms with Crippen molar-refractivity contribution in [1.82, 2.24) is 15.8 Å². The van der Waals surface area contributed by atoms with E-state index in [0.717, 1.165) is 0 Å². The van der Waals surface area contributed by atoms with Crippen LogP contribution in [0.5, 0.6) is 0 Å². The molecule has 0 aromatic carbocycles. The van der Waals surface area contributed by atoms with Gasteiger partial charge in [-0.05, 0) is 6.92 Å². The fourth-order valence-electron chi connectivity index (χ4n) is 1.28. The van der Waals surface area contributed by atoms with Crippen LogP contribution in [0.15, 0.2) is 10.6 Å². The Labute approximate surface area is 108 Å². The number of aryl methyl sites for hydroxylation is 1. The number of aliphatic carboxylic acids is 1. The third kappa shape index (κ3) is 5.06. The number of carbonyl (C=O) groups is 3. The van der Waals surface area contributed by atoms with E-state index in [4.69, 9.17) is 15.4 Å². The monoisotopic (exact) mass is 270 g/mol. The van der Waals surface area contributed by atoms with Gasteiger partial charge in [-0.15, -0.1) is 0 Å². The second-order valence-corrected chi connectivity index (χ2v) is 3.82. The number of carbonyl (C=O) groups excluding carboxylic acids is 2. The van der Waals surface area contributed by atoms with E-state index in [1.165, 1.54) is 0 Å². The number of carboxylic acids is 1. The lowest BCUT2D eigenvalue weighted by atomic mass is 10.2. The van der Waals surface area contributed by atoms with Crippen LogP contribution < -0.4 is 16.4 Å². The molecule has 1 aromatic heterocycles. The number of rotatable bonds is 6. The first-order chi connectivity index (χ1) is 8.88. The van der Waals surface area contributed by atoms with Crippen LogP contribution >= 0.6 is 0 Å². The van der Waals surface area contributed by atoms with Gasteiger partial charge in [0, 0.05) is 6.07 Å². The molecule has 0 radical (unpaired) electrons. The van der Waals surface area contributed by atoms with Crippen LogP contribution in [0.4, 0.5) is 4.79 Å². The number of aromatic nitrogens is 1. The maximum Gasteiger partial charge on any atom is 0.326 e. The summed E-state index contributed by atoms with van der Waals surface area (Å²) in [6.45, 7) is 1.77. The van der Waals surface area contributed by atoms with Crippen LogP contribution in [0.2, 0.25) is 0 Å². The SMILES string of the molecule is Cc1cc(CNC(=O)NC(CC(N)=O)C(=O)O)no1. The molecule has 1 rings (SSSR count). The molecular formula is C10H14N4O5. The van der Waals surface area contributed by atoms with E-state index in [1.807, 2.05) is 0 Å². The summed E-state index contributed by atoms with van der Waals surface area (Å²) >= 11 is 0. The molecule has 104 valence electrons. The van der Waals surface area contributed by atoms with E-state index >= 15 is 0 Å². The van der Waals surface area contributed by atoms with Gasteiger partial charge < -0.3 is 26.0 Å². The lowest BCUT2D eigenvalue weighted by Gasteiger charge is -2.12. The fourth-order valence-corrected chi connectivity index (χ4v) is 1.28. The van der Waals surface area contributed by atoms with Gasteiger partial charge in [0.25, 0.3) is 0 Å². The summed E-state index contributed by atoms with van der Waals surface area (Å²) in [5.74, 6) is -1.57. The zero-order valence-corrected chi connectivity index (χ0v) is 10.2. The Morgan fingerprint density at radius 2 is 2.21 bits per heavy atom. The molecule has 9 heteroatoms. The van der Waals surface area contributed by atoms with Crippen molar-refractivity contribution < 1.29 is 24.0 Å². The van der Waals surface area contributed by atoms with Gasteiger partial charge >= 0.3 is 12.0 Å². The van der Waals surface area contributed by atoms with Crippen molar-refractivity contribution in [1.29, 1.82) is 0 Å². The lowest BCUT2D eigenvalue weighted by molar-refractivity contribution is -0.140. The van der Waals surface area contributed by atoms with Gasteiger partial charge in [-0.2, -0.15) is 0 Å². The van der Waals surface area contributed by atoms with Gasteiger partial charge in [0.15, 0.2) is 0 Å². The molecule has 0 aliphatic rings. The van der Waals surface area contributed by atoms with Crippen LogP contribution in [0, 0.1) is 6.92 Å². The summed E-state index contributed by atoms with van der Waals surface area (Å²) in [5, 5.41) is 16.9. The molecule has 5 N–H and O–H groups in total. The van der Waals surface area contributed by atoms with Crippen LogP contribution in [0.3, 0.4) is 0 Å². The highest BCUT2D eigenvalue weighted by Gasteiger charge is 2.21. The number of nitrogens with one attached hydrogen (secondary N) is 2. The molecule has 3 amide bonds. The molecule has 0 spiro atoms. The highest BCUT2D eigenvalue weighted by molar-refractivity contribution is 5.87. The molecule has 1 unspecified atom stereocenters. The third-order valence-corrected chi connectivity index (χ3v) is 2.12. The molecule has 9 nitrogen and oxygen atoms in total. The van der Waals surface area contributed by atoms with Crippen molar-refractivity contribution in [2.75, 3.05) is 0 Å². The summed E-state index contributed by atoms with van der Waals surface area (Å²) in [7, 11) is 0. The molecule has 1 aromatic rings. The van der Waals surface area contributed by atoms with E-state index in [2.05, 4.69) is 15.8 Å². The number of nitrogens with two attached hydrogens (primary N) is 1. The molecule has 0 aliphatic heterocycles. The molecule has 19 heavy (non-hydrogen) atoms. The second kappa shape index (κ2) is 6.38. The fraction of sp³-hybridized carbons (Fsp3) is 0.400. The quantitative estimate of drug-likeness (QED) is 0.527. The summed E-state index contributed by atoms with van der Waals surface area (Å²) < 4.78 is 4.79. The smallest absolute Gasteiger partial charge is 0.326 e. The Balaban J connectivity index is 2.44. The Morgan fingerprint density at radius 3 is 2.68 bits per heavy atom. The van der Waals surface area contributed by atoms with E-state index in [0.29, 0.717) is 11.5 Å². The number of amides is 3. The molecule has 0 bridgehead atoms. The average molecular weight is 270 g/mol. The van der Waals surface area contributed by atoms with Gasteiger partial charge in [0.05, 0.1) is 13.0 Å². The summed E-state index contributed by atoms with van der Waals surface area (Å²) in [5.41, 5.74) is 5.37. The van der Waals surface area contributed by atoms with Crippen molar-refractivity contribution in [3.63, 3.8) is 0 Å². The van der Waals surface area contributed by atoms with Crippen LogP contribution in [-0.2, 0) is 16.1 Å². The van der Waals surface area contributed by atoms with E-state index in [1.54, 1.807) is 13.0 Å². The Hall–Kier alpha value is -2.58. The number of hydrogen-bond donors (Lipinski definition) is 4. The lowest BCUT2D eigenvalue weighted by Crippen LogP contribution is -2.47. The largest absolute Gasteiger partial charge is 0.480 e. The van der Waals surface area contributed by atoms with Crippen molar-refractivity contribution >= 4 is 17.9 Å². The van der Waals surface area contributed by atoms with Crippen LogP contribution in [0.25, 0.3) is 0 Å². The average Bonchev–Trinajstić information content (AvgIpc) is 2.71. The van der Waals surface area contributed by atoms with Crippen molar-refractivity contribution in [2.24, 2.45) is 5.73 Å². The van der Waals surface area contributed by atoms with Gasteiger partial charge in [-0.25, -0.2) is 9.59 Å². The normalized spacial score (nSPS) is 11.6. The predicted molar refractivity (Wildman–Crippen MR) is 61.8 cm³/mol. The third-order valence-electron chi connectivity index (χ3n) is 2.12. The first kappa shape index (κ1) is 14.5. The first-order valence-corrected chi connectivity index (χ1v) is 5.36. The summed E-state index contributed by atoms with van der Waals surface area (Å²) in [4.78, 5) is 32.8. The van der Waals surface area contributed by atoms with E-state index in [-0.39, 0.29) is 6.54 Å². The standard InChI is InChI=1S/C10H14N4O5/c1-5-2-6(14-19-5)4-12-10(18)13-7(9(16)17)3-8(11)15/h2,7H,3-4H2,1H3,(H2,11,15)(H,16,17)(H2,12,13,18). The summed E-state index contributed by atoms with van der Waals surface area (Å²) in [6, 6.07) is -0.482. The Kier molecular flexibility index (Phi) is 4.86. The molecule has 0 saturated heterocycles. The predicted octanol–water partition coefficient (Wildman–Crippen LogP) is -0.889. The molecular weight excluding hydrogens is 256 g/mol. The Morgan fingerprint density at radius 1 is 1.53 bits per heavy atom. The number of nitrogens with zero attached hydrogens (tertiary/aromatic N) is 1. The van der Waals surface area contributed by atoms with Gasteiger partial charge in [-0.3, -0.25) is 4.79 Å². The molecule has 1 atom stereocenters. The summed E-state index contributed by atoms with van der Waals surface area (Å²) in [6.07, 6.45) is -0.480. The number of urea groups is 1. The van der Waals surface area contributed by atoms with E-state index < -0.39 is 30.4 Å². The van der Waals surface area contributed by atoms with Crippen molar-refractivity contribution in [3.8, 4) is 0 Å². The van der Waals surface area contributed by atoms with Gasteiger partial charge in [-0.1, -0.05) is 5.16 Å². The minimum absolute atomic E-state index is 0.0755. The number of primary amides is 1. The topological polar surface area (TPSA) is 148 Å². The number of hydrogen-bond acceptors (Lipinski definition) is 5. The zero-order chi connectivity index (χ0) is 14.4. The van der Waals surface area contributed by atoms with Gasteiger partial charge in [0.2, 0.25) is 5.91 Å². The highest BCUT2D eigenvalue weighted by atomic mass is 16.5. The Bertz CT molecular complexity index is 484. The molecule has 0 saturated carbocycles. The maximum absolute atomic E-state index is 11.4. The number of carboxylic acid groups (broad SMARTS) is 1. The highest BCUT2D eigenvalue weighted by Crippen LogP contribution is 2.00. The maximum atomic E-state index is 11.4. The minimum Gasteiger partial charge on any atom is -0.480 e. The van der Waals surface area contributed by atoms with Crippen LogP contribution in [0.1, 0.15) is 17.9 Å². The molecule has 1 heterocycles. The molecule has 0 aliphatic carbocycles. The zero-order valence-electron chi connectivity index (χ0n) is 10.2. The molecule has 0 fully saturated rings.